The summed E-state index contributed by atoms with van der Waals surface area (Å²) < 4.78 is 14.9. The number of carbonyl (C=O) groups is 1. The van der Waals surface area contributed by atoms with Crippen molar-refractivity contribution >= 4 is 5.91 Å². The standard InChI is InChI=1S/C16H20FN5O/c17-14-5-3-13(4-6-14)15(16(18)23)21-7-1-2-12(8-21)9-22-11-19-10-20-22/h3-6,10-12,15H,1-2,7-9H2,(H2,18,23)/t12-,15+/m0/s1. The van der Waals surface area contributed by atoms with Gasteiger partial charge in [-0.2, -0.15) is 5.10 Å². The second-order valence-corrected chi connectivity index (χ2v) is 5.98. The van der Waals surface area contributed by atoms with E-state index in [1.165, 1.54) is 18.5 Å². The summed E-state index contributed by atoms with van der Waals surface area (Å²) >= 11 is 0. The zero-order valence-electron chi connectivity index (χ0n) is 12.8. The Morgan fingerprint density at radius 1 is 1.39 bits per heavy atom. The van der Waals surface area contributed by atoms with Crippen molar-refractivity contribution in [3.8, 4) is 0 Å². The zero-order valence-corrected chi connectivity index (χ0v) is 12.8. The van der Waals surface area contributed by atoms with Crippen LogP contribution in [0.25, 0.3) is 0 Å². The third-order valence-electron chi connectivity index (χ3n) is 4.28. The minimum Gasteiger partial charge on any atom is -0.368 e. The van der Waals surface area contributed by atoms with Crippen molar-refractivity contribution in [1.82, 2.24) is 19.7 Å². The zero-order chi connectivity index (χ0) is 16.2. The number of primary amides is 1. The largest absolute Gasteiger partial charge is 0.368 e. The van der Waals surface area contributed by atoms with Crippen LogP contribution in [0.4, 0.5) is 4.39 Å². The summed E-state index contributed by atoms with van der Waals surface area (Å²) in [6.07, 6.45) is 5.28. The van der Waals surface area contributed by atoms with Gasteiger partial charge < -0.3 is 5.73 Å². The molecule has 0 spiro atoms. The van der Waals surface area contributed by atoms with E-state index in [1.807, 2.05) is 4.68 Å². The normalized spacial score (nSPS) is 20.3. The average molecular weight is 317 g/mol. The van der Waals surface area contributed by atoms with E-state index in [2.05, 4.69) is 15.0 Å². The smallest absolute Gasteiger partial charge is 0.239 e. The first-order valence-corrected chi connectivity index (χ1v) is 7.74. The van der Waals surface area contributed by atoms with Crippen molar-refractivity contribution in [3.05, 3.63) is 48.3 Å². The fourth-order valence-corrected chi connectivity index (χ4v) is 3.27. The Balaban J connectivity index is 1.74. The van der Waals surface area contributed by atoms with E-state index < -0.39 is 11.9 Å². The first kappa shape index (κ1) is 15.6. The number of nitrogens with two attached hydrogens (primary N) is 1. The Morgan fingerprint density at radius 3 is 2.83 bits per heavy atom. The first-order valence-electron chi connectivity index (χ1n) is 7.74. The van der Waals surface area contributed by atoms with Crippen molar-refractivity contribution < 1.29 is 9.18 Å². The molecule has 1 aliphatic rings. The van der Waals surface area contributed by atoms with Crippen LogP contribution in [-0.2, 0) is 11.3 Å². The minimum absolute atomic E-state index is 0.320. The number of hydrogen-bond acceptors (Lipinski definition) is 4. The molecule has 0 bridgehead atoms. The summed E-state index contributed by atoms with van der Waals surface area (Å²) in [7, 11) is 0. The number of amides is 1. The quantitative estimate of drug-likeness (QED) is 0.903. The molecular formula is C16H20FN5O. The van der Waals surface area contributed by atoms with E-state index in [4.69, 9.17) is 5.73 Å². The topological polar surface area (TPSA) is 77.0 Å². The van der Waals surface area contributed by atoms with Crippen molar-refractivity contribution in [2.45, 2.75) is 25.4 Å². The van der Waals surface area contributed by atoms with E-state index in [0.717, 1.165) is 38.0 Å². The molecule has 6 nitrogen and oxygen atoms in total. The fourth-order valence-electron chi connectivity index (χ4n) is 3.27. The summed E-state index contributed by atoms with van der Waals surface area (Å²) in [5, 5.41) is 4.14. The molecule has 23 heavy (non-hydrogen) atoms. The highest BCUT2D eigenvalue weighted by atomic mass is 19.1. The van der Waals surface area contributed by atoms with Gasteiger partial charge in [0.1, 0.15) is 24.5 Å². The number of hydrogen-bond donors (Lipinski definition) is 1. The molecule has 1 aromatic heterocycles. The summed E-state index contributed by atoms with van der Waals surface area (Å²) in [6.45, 7) is 2.33. The third kappa shape index (κ3) is 3.73. The molecule has 2 N–H and O–H groups in total. The van der Waals surface area contributed by atoms with Crippen molar-refractivity contribution in [2.75, 3.05) is 13.1 Å². The fraction of sp³-hybridized carbons (Fsp3) is 0.438. The molecule has 1 aromatic carbocycles. The van der Waals surface area contributed by atoms with Crippen LogP contribution in [-0.4, -0.2) is 38.7 Å². The molecule has 0 radical (unpaired) electrons. The van der Waals surface area contributed by atoms with Gasteiger partial charge in [-0.1, -0.05) is 12.1 Å². The summed E-state index contributed by atoms with van der Waals surface area (Å²) in [5.74, 6) is -0.342. The van der Waals surface area contributed by atoms with Gasteiger partial charge in [0, 0.05) is 13.1 Å². The van der Waals surface area contributed by atoms with Gasteiger partial charge in [0.2, 0.25) is 5.91 Å². The molecule has 1 amide bonds. The lowest BCUT2D eigenvalue weighted by Gasteiger charge is -2.37. The van der Waals surface area contributed by atoms with E-state index in [-0.39, 0.29) is 5.82 Å². The Hall–Kier alpha value is -2.28. The maximum atomic E-state index is 13.1. The Kier molecular flexibility index (Phi) is 4.66. The SMILES string of the molecule is NC(=O)[C@@H](c1ccc(F)cc1)N1CCC[C@H](Cn2cncn2)C1. The molecule has 2 atom stereocenters. The van der Waals surface area contributed by atoms with Crippen LogP contribution in [0.5, 0.6) is 0 Å². The van der Waals surface area contributed by atoms with E-state index >= 15 is 0 Å². The second kappa shape index (κ2) is 6.87. The van der Waals surface area contributed by atoms with Crippen LogP contribution in [0, 0.1) is 11.7 Å². The van der Waals surface area contributed by atoms with E-state index in [9.17, 15) is 9.18 Å². The molecule has 2 aromatic rings. The number of halogens is 1. The Morgan fingerprint density at radius 2 is 2.17 bits per heavy atom. The van der Waals surface area contributed by atoms with Crippen molar-refractivity contribution in [2.24, 2.45) is 11.7 Å². The molecule has 0 saturated carbocycles. The van der Waals surface area contributed by atoms with Crippen LogP contribution in [0.1, 0.15) is 24.4 Å². The van der Waals surface area contributed by atoms with Gasteiger partial charge in [-0.3, -0.25) is 14.4 Å². The lowest BCUT2D eigenvalue weighted by Crippen LogP contribution is -2.44. The molecular weight excluding hydrogens is 297 g/mol. The number of likely N-dealkylation sites (tertiary alicyclic amines) is 1. The second-order valence-electron chi connectivity index (χ2n) is 5.98. The lowest BCUT2D eigenvalue weighted by molar-refractivity contribution is -0.124. The van der Waals surface area contributed by atoms with Crippen LogP contribution >= 0.6 is 0 Å². The summed E-state index contributed by atoms with van der Waals surface area (Å²) in [4.78, 5) is 18.0. The number of aromatic nitrogens is 3. The number of nitrogens with zero attached hydrogens (tertiary/aromatic N) is 4. The molecule has 0 unspecified atom stereocenters. The monoisotopic (exact) mass is 317 g/mol. The molecule has 3 rings (SSSR count). The lowest BCUT2D eigenvalue weighted by atomic mass is 9.94. The average Bonchev–Trinajstić information content (AvgIpc) is 3.02. The highest BCUT2D eigenvalue weighted by Gasteiger charge is 2.30. The maximum Gasteiger partial charge on any atom is 0.239 e. The number of benzene rings is 1. The highest BCUT2D eigenvalue weighted by Crippen LogP contribution is 2.27. The predicted octanol–water partition coefficient (Wildman–Crippen LogP) is 1.36. The van der Waals surface area contributed by atoms with Crippen LogP contribution in [0.3, 0.4) is 0 Å². The van der Waals surface area contributed by atoms with Crippen molar-refractivity contribution in [3.63, 3.8) is 0 Å². The van der Waals surface area contributed by atoms with Crippen molar-refractivity contribution in [1.29, 1.82) is 0 Å². The van der Waals surface area contributed by atoms with Crippen LogP contribution in [0.2, 0.25) is 0 Å². The number of piperidine rings is 1. The van der Waals surface area contributed by atoms with Gasteiger partial charge in [-0.05, 0) is 43.0 Å². The van der Waals surface area contributed by atoms with Crippen LogP contribution in [0.15, 0.2) is 36.9 Å². The van der Waals surface area contributed by atoms with Gasteiger partial charge in [0.25, 0.3) is 0 Å². The molecule has 1 saturated heterocycles. The predicted molar refractivity (Wildman–Crippen MR) is 82.7 cm³/mol. The number of carbonyl (C=O) groups excluding carboxylic acids is 1. The van der Waals surface area contributed by atoms with Gasteiger partial charge in [-0.25, -0.2) is 9.37 Å². The van der Waals surface area contributed by atoms with Gasteiger partial charge in [0.15, 0.2) is 0 Å². The van der Waals surface area contributed by atoms with E-state index in [0.29, 0.717) is 5.92 Å². The van der Waals surface area contributed by atoms with Crippen LogP contribution < -0.4 is 5.73 Å². The molecule has 2 heterocycles. The number of rotatable bonds is 5. The first-order chi connectivity index (χ1) is 11.1. The Bertz CT molecular complexity index is 643. The Labute approximate surface area is 134 Å². The third-order valence-corrected chi connectivity index (χ3v) is 4.28. The molecule has 0 aliphatic carbocycles. The molecule has 122 valence electrons. The highest BCUT2D eigenvalue weighted by molar-refractivity contribution is 5.81. The van der Waals surface area contributed by atoms with Gasteiger partial charge in [0.05, 0.1) is 0 Å². The summed E-state index contributed by atoms with van der Waals surface area (Å²) in [5.41, 5.74) is 6.35. The molecule has 1 aliphatic heterocycles. The molecule has 1 fully saturated rings. The minimum atomic E-state index is -0.519. The van der Waals surface area contributed by atoms with Gasteiger partial charge >= 0.3 is 0 Å². The van der Waals surface area contributed by atoms with Gasteiger partial charge in [-0.15, -0.1) is 0 Å². The maximum absolute atomic E-state index is 13.1. The summed E-state index contributed by atoms with van der Waals surface area (Å²) in [6, 6.07) is 5.47. The van der Waals surface area contributed by atoms with E-state index in [1.54, 1.807) is 18.5 Å². The molecule has 7 heteroatoms.